The second kappa shape index (κ2) is 4.13. The lowest BCUT2D eigenvalue weighted by Gasteiger charge is -2.30. The first-order valence-corrected chi connectivity index (χ1v) is 7.23. The largest absolute Gasteiger partial charge is 0.334 e. The average molecular weight is 301 g/mol. The summed E-state index contributed by atoms with van der Waals surface area (Å²) in [4.78, 5) is 15.4. The Morgan fingerprint density at radius 3 is 3.12 bits per heavy atom. The van der Waals surface area contributed by atoms with Crippen LogP contribution < -0.4 is 5.32 Å². The molecular weight excluding hydrogens is 288 g/mol. The Hall–Kier alpha value is -0.390. The fraction of sp³-hybridized carbons (Fsp3) is 0.545. The summed E-state index contributed by atoms with van der Waals surface area (Å²) in [6.07, 6.45) is 3.49. The van der Waals surface area contributed by atoms with Crippen LogP contribution >= 0.6 is 27.3 Å². The van der Waals surface area contributed by atoms with Gasteiger partial charge < -0.3 is 5.32 Å². The summed E-state index contributed by atoms with van der Waals surface area (Å²) < 4.78 is 1.10. The Morgan fingerprint density at radius 2 is 2.38 bits per heavy atom. The quantitative estimate of drug-likeness (QED) is 0.864. The van der Waals surface area contributed by atoms with E-state index in [-0.39, 0.29) is 18.1 Å². The number of fused-ring (bicyclic) bond motifs is 1. The molecule has 2 saturated heterocycles. The maximum Gasteiger partial charge on any atom is 0.238 e. The second-order valence-electron chi connectivity index (χ2n) is 4.33. The van der Waals surface area contributed by atoms with Crippen LogP contribution in [0.15, 0.2) is 15.9 Å². The summed E-state index contributed by atoms with van der Waals surface area (Å²) in [6.45, 7) is 1.03. The van der Waals surface area contributed by atoms with Crippen molar-refractivity contribution in [1.29, 1.82) is 0 Å². The van der Waals surface area contributed by atoms with Gasteiger partial charge in [0, 0.05) is 21.3 Å². The maximum absolute atomic E-state index is 11.8. The summed E-state index contributed by atoms with van der Waals surface area (Å²) in [5, 5.41) is 5.17. The number of thiophene rings is 1. The van der Waals surface area contributed by atoms with E-state index in [2.05, 4.69) is 37.6 Å². The molecule has 16 heavy (non-hydrogen) atoms. The molecule has 3 heterocycles. The fourth-order valence-electron chi connectivity index (χ4n) is 2.56. The van der Waals surface area contributed by atoms with Gasteiger partial charge in [-0.05, 0) is 34.8 Å². The highest BCUT2D eigenvalue weighted by molar-refractivity contribution is 9.10. The molecule has 1 aromatic rings. The highest BCUT2D eigenvalue weighted by Gasteiger charge is 2.41. The van der Waals surface area contributed by atoms with Crippen LogP contribution in [0.4, 0.5) is 0 Å². The predicted molar refractivity (Wildman–Crippen MR) is 67.2 cm³/mol. The van der Waals surface area contributed by atoms with Crippen LogP contribution in [0.2, 0.25) is 0 Å². The third-order valence-corrected chi connectivity index (χ3v) is 5.06. The van der Waals surface area contributed by atoms with Crippen LogP contribution in [0.3, 0.4) is 0 Å². The Kier molecular flexibility index (Phi) is 2.77. The number of hydrogen-bond acceptors (Lipinski definition) is 3. The number of carbonyl (C=O) groups excluding carboxylic acids is 1. The summed E-state index contributed by atoms with van der Waals surface area (Å²) >= 11 is 5.16. The molecule has 0 saturated carbocycles. The summed E-state index contributed by atoms with van der Waals surface area (Å²) in [5.74, 6) is 0.203. The number of nitrogens with zero attached hydrogens (tertiary/aromatic N) is 1. The van der Waals surface area contributed by atoms with Crippen molar-refractivity contribution in [2.45, 2.75) is 31.5 Å². The number of hydrogen-bond donors (Lipinski definition) is 1. The average Bonchev–Trinajstić information content (AvgIpc) is 2.84. The van der Waals surface area contributed by atoms with Crippen molar-refractivity contribution in [2.75, 3.05) is 6.54 Å². The molecule has 5 heteroatoms. The number of nitrogens with one attached hydrogen (secondary N) is 1. The molecule has 0 spiro atoms. The zero-order valence-electron chi connectivity index (χ0n) is 8.78. The first-order valence-electron chi connectivity index (χ1n) is 5.56. The standard InChI is InChI=1S/C11H13BrN2OS/c12-7-5-9(16-6-7)10-13-11(15)8-3-1-2-4-14(8)10/h5-6,8,10H,1-4H2,(H,13,15). The van der Waals surface area contributed by atoms with E-state index in [1.54, 1.807) is 11.3 Å². The van der Waals surface area contributed by atoms with Gasteiger partial charge in [-0.3, -0.25) is 9.69 Å². The van der Waals surface area contributed by atoms with Gasteiger partial charge in [0.2, 0.25) is 5.91 Å². The predicted octanol–water partition coefficient (Wildman–Crippen LogP) is 2.49. The molecule has 3 rings (SSSR count). The van der Waals surface area contributed by atoms with E-state index >= 15 is 0 Å². The molecule has 0 aliphatic carbocycles. The van der Waals surface area contributed by atoms with E-state index in [1.165, 1.54) is 17.7 Å². The molecule has 1 aromatic heterocycles. The first-order chi connectivity index (χ1) is 7.75. The summed E-state index contributed by atoms with van der Waals surface area (Å²) in [5.41, 5.74) is 0. The Labute approximate surface area is 107 Å². The van der Waals surface area contributed by atoms with Crippen molar-refractivity contribution < 1.29 is 4.79 Å². The van der Waals surface area contributed by atoms with E-state index < -0.39 is 0 Å². The topological polar surface area (TPSA) is 32.3 Å². The van der Waals surface area contributed by atoms with Crippen molar-refractivity contribution in [3.05, 3.63) is 20.8 Å². The van der Waals surface area contributed by atoms with Crippen LogP contribution in [-0.2, 0) is 4.79 Å². The number of piperidine rings is 1. The lowest BCUT2D eigenvalue weighted by Crippen LogP contribution is -2.38. The molecule has 2 aliphatic rings. The zero-order valence-corrected chi connectivity index (χ0v) is 11.2. The molecule has 3 nitrogen and oxygen atoms in total. The number of amides is 1. The van der Waals surface area contributed by atoms with Crippen LogP contribution in [-0.4, -0.2) is 23.4 Å². The van der Waals surface area contributed by atoms with Gasteiger partial charge in [-0.1, -0.05) is 6.42 Å². The highest BCUT2D eigenvalue weighted by atomic mass is 79.9. The van der Waals surface area contributed by atoms with Gasteiger partial charge in [0.15, 0.2) is 0 Å². The third kappa shape index (κ3) is 1.71. The molecular formula is C11H13BrN2OS. The van der Waals surface area contributed by atoms with Gasteiger partial charge in [-0.15, -0.1) is 11.3 Å². The van der Waals surface area contributed by atoms with E-state index in [9.17, 15) is 4.79 Å². The zero-order chi connectivity index (χ0) is 11.1. The van der Waals surface area contributed by atoms with Crippen molar-refractivity contribution in [1.82, 2.24) is 10.2 Å². The van der Waals surface area contributed by atoms with Crippen LogP contribution in [0, 0.1) is 0 Å². The van der Waals surface area contributed by atoms with Crippen molar-refractivity contribution in [3.63, 3.8) is 0 Å². The Bertz CT molecular complexity index is 420. The molecule has 0 aromatic carbocycles. The molecule has 86 valence electrons. The number of halogens is 1. The molecule has 1 amide bonds. The van der Waals surface area contributed by atoms with E-state index in [1.807, 2.05) is 0 Å². The number of rotatable bonds is 1. The van der Waals surface area contributed by atoms with Crippen molar-refractivity contribution in [2.24, 2.45) is 0 Å². The summed E-state index contributed by atoms with van der Waals surface area (Å²) in [7, 11) is 0. The van der Waals surface area contributed by atoms with Gasteiger partial charge in [0.1, 0.15) is 6.17 Å². The van der Waals surface area contributed by atoms with Gasteiger partial charge in [0.05, 0.1) is 6.04 Å². The fourth-order valence-corrected chi connectivity index (χ4v) is 4.08. The normalized spacial score (nSPS) is 30.2. The smallest absolute Gasteiger partial charge is 0.238 e. The molecule has 0 bridgehead atoms. The van der Waals surface area contributed by atoms with Crippen LogP contribution in [0.25, 0.3) is 0 Å². The Morgan fingerprint density at radius 1 is 1.50 bits per heavy atom. The van der Waals surface area contributed by atoms with Crippen molar-refractivity contribution in [3.8, 4) is 0 Å². The SMILES string of the molecule is O=C1NC(c2cc(Br)cs2)N2CCCCC12. The minimum Gasteiger partial charge on any atom is -0.334 e. The van der Waals surface area contributed by atoms with E-state index in [4.69, 9.17) is 0 Å². The highest BCUT2D eigenvalue weighted by Crippen LogP contribution is 2.35. The number of carbonyl (C=O) groups is 1. The Balaban J connectivity index is 1.88. The van der Waals surface area contributed by atoms with Gasteiger partial charge >= 0.3 is 0 Å². The first kappa shape index (κ1) is 10.7. The molecule has 2 atom stereocenters. The third-order valence-electron chi connectivity index (χ3n) is 3.31. The van der Waals surface area contributed by atoms with Gasteiger partial charge in [-0.2, -0.15) is 0 Å². The monoisotopic (exact) mass is 300 g/mol. The molecule has 2 unspecified atom stereocenters. The lowest BCUT2D eigenvalue weighted by atomic mass is 10.0. The van der Waals surface area contributed by atoms with Gasteiger partial charge in [0.25, 0.3) is 0 Å². The molecule has 2 fully saturated rings. The maximum atomic E-state index is 11.8. The lowest BCUT2D eigenvalue weighted by molar-refractivity contribution is -0.122. The van der Waals surface area contributed by atoms with Crippen molar-refractivity contribution >= 4 is 33.2 Å². The van der Waals surface area contributed by atoms with E-state index in [0.717, 1.165) is 17.4 Å². The molecule has 1 N–H and O–H groups in total. The van der Waals surface area contributed by atoms with Crippen LogP contribution in [0.1, 0.15) is 30.3 Å². The van der Waals surface area contributed by atoms with E-state index in [0.29, 0.717) is 0 Å². The van der Waals surface area contributed by atoms with Crippen LogP contribution in [0.5, 0.6) is 0 Å². The summed E-state index contributed by atoms with van der Waals surface area (Å²) in [6, 6.07) is 2.21. The molecule has 0 radical (unpaired) electrons. The van der Waals surface area contributed by atoms with Gasteiger partial charge in [-0.25, -0.2) is 0 Å². The molecule has 2 aliphatic heterocycles. The minimum absolute atomic E-state index is 0.106. The minimum atomic E-state index is 0.106. The second-order valence-corrected chi connectivity index (χ2v) is 6.19.